The third kappa shape index (κ3) is 2.47. The van der Waals surface area contributed by atoms with Gasteiger partial charge in [-0.25, -0.2) is 0 Å². The van der Waals surface area contributed by atoms with Crippen LogP contribution in [0.5, 0.6) is 0 Å². The van der Waals surface area contributed by atoms with Crippen LogP contribution in [0.2, 0.25) is 0 Å². The van der Waals surface area contributed by atoms with E-state index >= 15 is 0 Å². The summed E-state index contributed by atoms with van der Waals surface area (Å²) < 4.78 is 1.45. The highest BCUT2D eigenvalue weighted by Gasteiger charge is 2.18. The summed E-state index contributed by atoms with van der Waals surface area (Å²) >= 11 is 1.97. The Bertz CT molecular complexity index is 534. The summed E-state index contributed by atoms with van der Waals surface area (Å²) in [5, 5.41) is 1.41. The second-order valence-electron chi connectivity index (χ2n) is 5.95. The first-order chi connectivity index (χ1) is 8.47. The Morgan fingerprint density at radius 1 is 1.17 bits per heavy atom. The van der Waals surface area contributed by atoms with Crippen LogP contribution in [0, 0.1) is 0 Å². The van der Waals surface area contributed by atoms with Gasteiger partial charge in [-0.3, -0.25) is 0 Å². The van der Waals surface area contributed by atoms with E-state index in [1.54, 1.807) is 0 Å². The van der Waals surface area contributed by atoms with Crippen molar-refractivity contribution in [2.45, 2.75) is 58.8 Å². The second kappa shape index (κ2) is 5.05. The van der Waals surface area contributed by atoms with Gasteiger partial charge in [0.2, 0.25) is 0 Å². The van der Waals surface area contributed by atoms with E-state index in [9.17, 15) is 0 Å². The highest BCUT2D eigenvalue weighted by molar-refractivity contribution is 7.19. The van der Waals surface area contributed by atoms with Crippen LogP contribution in [0.25, 0.3) is 10.1 Å². The Morgan fingerprint density at radius 2 is 1.89 bits per heavy atom. The van der Waals surface area contributed by atoms with Crippen molar-refractivity contribution in [1.29, 1.82) is 0 Å². The van der Waals surface area contributed by atoms with E-state index in [0.29, 0.717) is 5.92 Å². The second-order valence-corrected chi connectivity index (χ2v) is 7.06. The van der Waals surface area contributed by atoms with Crippen molar-refractivity contribution < 1.29 is 0 Å². The first kappa shape index (κ1) is 13.6. The van der Waals surface area contributed by atoms with Crippen LogP contribution in [0.1, 0.15) is 63.8 Å². The van der Waals surface area contributed by atoms with Gasteiger partial charge < -0.3 is 0 Å². The Labute approximate surface area is 115 Å². The zero-order chi connectivity index (χ0) is 13.3. The molecule has 0 bridgehead atoms. The molecule has 0 saturated heterocycles. The van der Waals surface area contributed by atoms with Gasteiger partial charge in [0.25, 0.3) is 0 Å². The maximum atomic E-state index is 2.40. The summed E-state index contributed by atoms with van der Waals surface area (Å²) in [6, 6.07) is 9.37. The van der Waals surface area contributed by atoms with Gasteiger partial charge in [0.15, 0.2) is 0 Å². The molecule has 0 amide bonds. The first-order valence-corrected chi connectivity index (χ1v) is 7.83. The van der Waals surface area contributed by atoms with Crippen molar-refractivity contribution in [1.82, 2.24) is 0 Å². The fourth-order valence-electron chi connectivity index (χ4n) is 2.12. The Hall–Kier alpha value is -0.820. The molecule has 1 atom stereocenters. The van der Waals surface area contributed by atoms with E-state index in [2.05, 4.69) is 58.9 Å². The Kier molecular flexibility index (Phi) is 3.82. The standard InChI is InChI=1S/C17H24S/c1-6-12(3)15-10-13-8-9-14(11-16(13)18-15)17(4,5)7-2/h8-12H,6-7H2,1-5H3. The summed E-state index contributed by atoms with van der Waals surface area (Å²) in [6.07, 6.45) is 2.40. The molecule has 2 aromatic rings. The summed E-state index contributed by atoms with van der Waals surface area (Å²) in [5.41, 5.74) is 1.75. The SMILES string of the molecule is CCC(C)c1cc2ccc(C(C)(C)CC)cc2s1. The molecule has 98 valence electrons. The minimum atomic E-state index is 0.286. The zero-order valence-electron chi connectivity index (χ0n) is 12.2. The highest BCUT2D eigenvalue weighted by Crippen LogP contribution is 2.35. The quantitative estimate of drug-likeness (QED) is 0.623. The van der Waals surface area contributed by atoms with Gasteiger partial charge in [-0.15, -0.1) is 11.3 Å². The van der Waals surface area contributed by atoms with Crippen LogP contribution >= 0.6 is 11.3 Å². The van der Waals surface area contributed by atoms with E-state index in [1.165, 1.54) is 33.4 Å². The van der Waals surface area contributed by atoms with Gasteiger partial charge in [-0.2, -0.15) is 0 Å². The third-order valence-electron chi connectivity index (χ3n) is 4.30. The minimum absolute atomic E-state index is 0.286. The van der Waals surface area contributed by atoms with Crippen molar-refractivity contribution in [3.63, 3.8) is 0 Å². The molecule has 0 spiro atoms. The normalized spacial score (nSPS) is 14.1. The van der Waals surface area contributed by atoms with Crippen LogP contribution in [0.3, 0.4) is 0 Å². The number of hydrogen-bond acceptors (Lipinski definition) is 1. The number of rotatable bonds is 4. The molecule has 0 fully saturated rings. The maximum Gasteiger partial charge on any atom is 0.0348 e. The number of hydrogen-bond donors (Lipinski definition) is 0. The smallest absolute Gasteiger partial charge is 0.0348 e. The topological polar surface area (TPSA) is 0 Å². The molecule has 1 unspecified atom stereocenters. The van der Waals surface area contributed by atoms with Crippen LogP contribution in [-0.2, 0) is 5.41 Å². The Morgan fingerprint density at radius 3 is 2.50 bits per heavy atom. The molecular weight excluding hydrogens is 236 g/mol. The van der Waals surface area contributed by atoms with E-state index in [0.717, 1.165) is 0 Å². The molecule has 1 heteroatoms. The molecule has 1 aromatic carbocycles. The predicted octanol–water partition coefficient (Wildman–Crippen LogP) is 6.10. The largest absolute Gasteiger partial charge is 0.140 e. The molecule has 1 aromatic heterocycles. The molecule has 0 saturated carbocycles. The van der Waals surface area contributed by atoms with Gasteiger partial charge >= 0.3 is 0 Å². The summed E-state index contributed by atoms with van der Waals surface area (Å²) in [7, 11) is 0. The lowest BCUT2D eigenvalue weighted by Gasteiger charge is -2.23. The zero-order valence-corrected chi connectivity index (χ0v) is 13.0. The fourth-order valence-corrected chi connectivity index (χ4v) is 3.36. The van der Waals surface area contributed by atoms with Crippen molar-refractivity contribution in [3.05, 3.63) is 34.7 Å². The van der Waals surface area contributed by atoms with E-state index in [1.807, 2.05) is 11.3 Å². The average molecular weight is 260 g/mol. The molecule has 0 aliphatic heterocycles. The molecule has 2 rings (SSSR count). The Balaban J connectivity index is 2.46. The summed E-state index contributed by atoms with van der Waals surface area (Å²) in [5.74, 6) is 0.685. The first-order valence-electron chi connectivity index (χ1n) is 7.02. The molecule has 0 nitrogen and oxygen atoms in total. The predicted molar refractivity (Wildman–Crippen MR) is 83.8 cm³/mol. The summed E-state index contributed by atoms with van der Waals surface area (Å²) in [6.45, 7) is 11.5. The average Bonchev–Trinajstić information content (AvgIpc) is 2.80. The third-order valence-corrected chi connectivity index (χ3v) is 5.63. The van der Waals surface area contributed by atoms with Crippen LogP contribution < -0.4 is 0 Å². The maximum absolute atomic E-state index is 2.40. The van der Waals surface area contributed by atoms with Crippen LogP contribution in [0.15, 0.2) is 24.3 Å². The van der Waals surface area contributed by atoms with Crippen LogP contribution in [-0.4, -0.2) is 0 Å². The van der Waals surface area contributed by atoms with Gasteiger partial charge in [0, 0.05) is 9.58 Å². The lowest BCUT2D eigenvalue weighted by molar-refractivity contribution is 0.507. The van der Waals surface area contributed by atoms with E-state index < -0.39 is 0 Å². The molecule has 0 aliphatic carbocycles. The van der Waals surface area contributed by atoms with Crippen LogP contribution in [0.4, 0.5) is 0 Å². The number of benzene rings is 1. The minimum Gasteiger partial charge on any atom is -0.140 e. The molecule has 1 heterocycles. The lowest BCUT2D eigenvalue weighted by atomic mass is 9.82. The molecule has 0 N–H and O–H groups in total. The molecule has 18 heavy (non-hydrogen) atoms. The van der Waals surface area contributed by atoms with Gasteiger partial charge in [-0.05, 0) is 47.3 Å². The molecule has 0 radical (unpaired) electrons. The number of thiophene rings is 1. The van der Waals surface area contributed by atoms with Gasteiger partial charge in [-0.1, -0.05) is 46.8 Å². The van der Waals surface area contributed by atoms with Gasteiger partial charge in [0.05, 0.1) is 0 Å². The molecule has 0 aliphatic rings. The number of fused-ring (bicyclic) bond motifs is 1. The van der Waals surface area contributed by atoms with Crippen molar-refractivity contribution in [3.8, 4) is 0 Å². The van der Waals surface area contributed by atoms with Crippen molar-refractivity contribution in [2.24, 2.45) is 0 Å². The monoisotopic (exact) mass is 260 g/mol. The van der Waals surface area contributed by atoms with Gasteiger partial charge in [0.1, 0.15) is 0 Å². The highest BCUT2D eigenvalue weighted by atomic mass is 32.1. The fraction of sp³-hybridized carbons (Fsp3) is 0.529. The summed E-state index contributed by atoms with van der Waals surface area (Å²) in [4.78, 5) is 1.53. The van der Waals surface area contributed by atoms with E-state index in [4.69, 9.17) is 0 Å². The van der Waals surface area contributed by atoms with E-state index in [-0.39, 0.29) is 5.41 Å². The van der Waals surface area contributed by atoms with Crippen molar-refractivity contribution >= 4 is 21.4 Å². The van der Waals surface area contributed by atoms with Crippen molar-refractivity contribution in [2.75, 3.05) is 0 Å². The lowest BCUT2D eigenvalue weighted by Crippen LogP contribution is -2.14. The molecular formula is C17H24S.